The molecule has 9 heteroatoms. The highest BCUT2D eigenvalue weighted by molar-refractivity contribution is 8.00. The largest absolute Gasteiger partial charge is 0.338 e. The molecule has 1 amide bonds. The summed E-state index contributed by atoms with van der Waals surface area (Å²) in [6.45, 7) is 1.76. The van der Waals surface area contributed by atoms with E-state index in [4.69, 9.17) is 23.2 Å². The lowest BCUT2D eigenvalue weighted by Gasteiger charge is -2.12. The minimum absolute atomic E-state index is 0.232. The number of thioether (sulfide) groups is 1. The summed E-state index contributed by atoms with van der Waals surface area (Å²) in [5.74, 6) is -0.232. The summed E-state index contributed by atoms with van der Waals surface area (Å²) in [4.78, 5) is 20.2. The molecule has 2 aromatic heterocycles. The third-order valence-corrected chi connectivity index (χ3v) is 5.46. The first-order valence-electron chi connectivity index (χ1n) is 8.05. The second-order valence-electron chi connectivity index (χ2n) is 5.84. The van der Waals surface area contributed by atoms with E-state index >= 15 is 0 Å². The molecule has 27 heavy (non-hydrogen) atoms. The van der Waals surface area contributed by atoms with E-state index in [2.05, 4.69) is 25.5 Å². The monoisotopic (exact) mass is 417 g/mol. The number of H-pyrrole nitrogens is 1. The van der Waals surface area contributed by atoms with Gasteiger partial charge in [-0.1, -0.05) is 53.2 Å². The molecule has 6 nitrogen and oxygen atoms in total. The fourth-order valence-electron chi connectivity index (χ4n) is 2.60. The predicted octanol–water partition coefficient (Wildman–Crippen LogP) is 4.93. The number of hydrogen-bond acceptors (Lipinski definition) is 5. The van der Waals surface area contributed by atoms with Gasteiger partial charge in [0.2, 0.25) is 11.1 Å². The average molecular weight is 418 g/mol. The van der Waals surface area contributed by atoms with Gasteiger partial charge in [-0.25, -0.2) is 4.98 Å². The van der Waals surface area contributed by atoms with Crippen molar-refractivity contribution in [3.63, 3.8) is 0 Å². The van der Waals surface area contributed by atoms with Crippen LogP contribution in [-0.2, 0) is 4.79 Å². The maximum atomic E-state index is 12.5. The molecule has 0 saturated carbocycles. The Labute approximate surface area is 168 Å². The van der Waals surface area contributed by atoms with Crippen LogP contribution in [0.4, 0.5) is 5.69 Å². The van der Waals surface area contributed by atoms with Gasteiger partial charge in [-0.05, 0) is 31.2 Å². The summed E-state index contributed by atoms with van der Waals surface area (Å²) >= 11 is 13.3. The van der Waals surface area contributed by atoms with Crippen molar-refractivity contribution in [1.82, 2.24) is 20.2 Å². The third-order valence-electron chi connectivity index (χ3n) is 3.94. The molecule has 0 spiro atoms. The van der Waals surface area contributed by atoms with Crippen LogP contribution in [0, 0.1) is 0 Å². The Bertz CT molecular complexity index is 1160. The van der Waals surface area contributed by atoms with Crippen LogP contribution in [0.2, 0.25) is 10.0 Å². The van der Waals surface area contributed by atoms with Crippen molar-refractivity contribution in [3.8, 4) is 0 Å². The number of rotatable bonds is 4. The first-order chi connectivity index (χ1) is 13.0. The highest BCUT2D eigenvalue weighted by Crippen LogP contribution is 2.28. The average Bonchev–Trinajstić information content (AvgIpc) is 3.02. The third kappa shape index (κ3) is 3.71. The summed E-state index contributed by atoms with van der Waals surface area (Å²) in [6.07, 6.45) is 0. The number of para-hydroxylation sites is 1. The Morgan fingerprint density at radius 2 is 2.00 bits per heavy atom. The molecule has 1 unspecified atom stereocenters. The Balaban J connectivity index is 1.53. The van der Waals surface area contributed by atoms with E-state index in [0.29, 0.717) is 32.1 Å². The van der Waals surface area contributed by atoms with Crippen LogP contribution in [0.5, 0.6) is 0 Å². The molecule has 0 aliphatic rings. The molecule has 1 atom stereocenters. The van der Waals surface area contributed by atoms with Gasteiger partial charge >= 0.3 is 0 Å². The smallest absolute Gasteiger partial charge is 0.237 e. The Kier molecular flexibility index (Phi) is 4.90. The maximum Gasteiger partial charge on any atom is 0.237 e. The van der Waals surface area contributed by atoms with Crippen LogP contribution in [0.15, 0.2) is 47.6 Å². The molecule has 4 rings (SSSR count). The quantitative estimate of drug-likeness (QED) is 0.459. The zero-order chi connectivity index (χ0) is 19.0. The summed E-state index contributed by atoms with van der Waals surface area (Å²) < 4.78 is 0. The van der Waals surface area contributed by atoms with Crippen LogP contribution in [-0.4, -0.2) is 31.3 Å². The second-order valence-corrected chi connectivity index (χ2v) is 7.99. The molecule has 0 radical (unpaired) electrons. The van der Waals surface area contributed by atoms with Crippen molar-refractivity contribution >= 4 is 68.6 Å². The van der Waals surface area contributed by atoms with Gasteiger partial charge in [0.1, 0.15) is 5.52 Å². The molecule has 0 bridgehead atoms. The van der Waals surface area contributed by atoms with E-state index in [1.165, 1.54) is 11.8 Å². The van der Waals surface area contributed by atoms with Crippen LogP contribution in [0.25, 0.3) is 22.1 Å². The molecule has 0 saturated heterocycles. The highest BCUT2D eigenvalue weighted by Gasteiger charge is 2.19. The first-order valence-corrected chi connectivity index (χ1v) is 9.68. The number of nitrogens with zero attached hydrogens (tertiary/aromatic N) is 3. The number of fused-ring (bicyclic) bond motifs is 3. The van der Waals surface area contributed by atoms with Gasteiger partial charge in [0.05, 0.1) is 16.0 Å². The van der Waals surface area contributed by atoms with Crippen LogP contribution >= 0.6 is 35.0 Å². The minimum Gasteiger partial charge on any atom is -0.338 e. The van der Waals surface area contributed by atoms with Gasteiger partial charge in [0.25, 0.3) is 0 Å². The zero-order valence-corrected chi connectivity index (χ0v) is 16.4. The van der Waals surface area contributed by atoms with Crippen molar-refractivity contribution in [2.24, 2.45) is 0 Å². The Morgan fingerprint density at radius 3 is 2.85 bits per heavy atom. The molecule has 2 N–H and O–H groups in total. The molecule has 0 aliphatic heterocycles. The summed E-state index contributed by atoms with van der Waals surface area (Å²) in [6, 6.07) is 12.7. The molecule has 2 aromatic carbocycles. The molecule has 2 heterocycles. The van der Waals surface area contributed by atoms with Gasteiger partial charge < -0.3 is 10.3 Å². The van der Waals surface area contributed by atoms with E-state index in [1.807, 2.05) is 24.3 Å². The molecule has 0 aliphatic carbocycles. The number of carbonyl (C=O) groups is 1. The van der Waals surface area contributed by atoms with E-state index in [9.17, 15) is 4.79 Å². The lowest BCUT2D eigenvalue weighted by Crippen LogP contribution is -2.23. The van der Waals surface area contributed by atoms with Gasteiger partial charge in [0.15, 0.2) is 5.65 Å². The number of aromatic nitrogens is 4. The van der Waals surface area contributed by atoms with Crippen molar-refractivity contribution < 1.29 is 4.79 Å². The second kappa shape index (κ2) is 7.34. The number of hydrogen-bond donors (Lipinski definition) is 2. The zero-order valence-electron chi connectivity index (χ0n) is 14.0. The molecular formula is C18H13Cl2N5OS. The van der Waals surface area contributed by atoms with Crippen LogP contribution < -0.4 is 5.32 Å². The van der Waals surface area contributed by atoms with Crippen molar-refractivity contribution in [3.05, 3.63) is 52.5 Å². The van der Waals surface area contributed by atoms with Gasteiger partial charge in [-0.3, -0.25) is 4.79 Å². The van der Waals surface area contributed by atoms with Gasteiger partial charge in [-0.2, -0.15) is 0 Å². The maximum absolute atomic E-state index is 12.5. The number of anilines is 1. The standard InChI is InChI=1S/C18H13Cl2N5OS/c1-9(17(26)22-14-8-10(19)6-7-12(14)20)27-18-23-16-15(24-25-18)11-4-2-3-5-13(11)21-16/h2-9H,1H3,(H,22,26)(H,21,23,25). The number of nitrogens with one attached hydrogen (secondary N) is 2. The van der Waals surface area contributed by atoms with Crippen molar-refractivity contribution in [2.75, 3.05) is 5.32 Å². The van der Waals surface area contributed by atoms with Crippen LogP contribution in [0.1, 0.15) is 6.92 Å². The van der Waals surface area contributed by atoms with Crippen molar-refractivity contribution in [2.45, 2.75) is 17.3 Å². The fraction of sp³-hybridized carbons (Fsp3) is 0.111. The van der Waals surface area contributed by atoms with Gasteiger partial charge in [0, 0.05) is 15.9 Å². The number of amides is 1. The van der Waals surface area contributed by atoms with Crippen molar-refractivity contribution in [1.29, 1.82) is 0 Å². The lowest BCUT2D eigenvalue weighted by molar-refractivity contribution is -0.115. The van der Waals surface area contributed by atoms with E-state index in [-0.39, 0.29) is 5.91 Å². The number of carbonyl (C=O) groups excluding carboxylic acids is 1. The number of benzene rings is 2. The highest BCUT2D eigenvalue weighted by atomic mass is 35.5. The Morgan fingerprint density at radius 1 is 1.19 bits per heavy atom. The molecule has 4 aromatic rings. The molecule has 0 fully saturated rings. The predicted molar refractivity (Wildman–Crippen MR) is 110 cm³/mol. The summed E-state index contributed by atoms with van der Waals surface area (Å²) in [5.41, 5.74) is 2.75. The lowest BCUT2D eigenvalue weighted by atomic mass is 10.2. The van der Waals surface area contributed by atoms with Crippen LogP contribution in [0.3, 0.4) is 0 Å². The normalized spacial score (nSPS) is 12.4. The van der Waals surface area contributed by atoms with E-state index < -0.39 is 5.25 Å². The van der Waals surface area contributed by atoms with E-state index in [0.717, 1.165) is 10.9 Å². The number of aromatic amines is 1. The molecular weight excluding hydrogens is 405 g/mol. The Hall–Kier alpha value is -2.35. The van der Waals surface area contributed by atoms with Gasteiger partial charge in [-0.15, -0.1) is 10.2 Å². The number of halogens is 2. The first kappa shape index (κ1) is 18.0. The van der Waals surface area contributed by atoms with E-state index in [1.54, 1.807) is 25.1 Å². The summed E-state index contributed by atoms with van der Waals surface area (Å²) in [5, 5.41) is 13.0. The SMILES string of the molecule is CC(Sc1nnc2c(n1)[nH]c1ccccc12)C(=O)Nc1cc(Cl)ccc1Cl. The molecule has 136 valence electrons. The fourth-order valence-corrected chi connectivity index (χ4v) is 3.65. The minimum atomic E-state index is -0.455. The summed E-state index contributed by atoms with van der Waals surface area (Å²) in [7, 11) is 0. The topological polar surface area (TPSA) is 83.6 Å².